The summed E-state index contributed by atoms with van der Waals surface area (Å²) in [6.07, 6.45) is 1.43. The first kappa shape index (κ1) is 12.7. The Balaban J connectivity index is 1.46. The van der Waals surface area contributed by atoms with Crippen molar-refractivity contribution in [1.29, 1.82) is 0 Å². The van der Waals surface area contributed by atoms with Crippen molar-refractivity contribution in [3.8, 4) is 0 Å². The minimum Gasteiger partial charge on any atom is -0.355 e. The van der Waals surface area contributed by atoms with Gasteiger partial charge in [-0.1, -0.05) is 30.3 Å². The van der Waals surface area contributed by atoms with Crippen LogP contribution in [-0.4, -0.2) is 27.6 Å². The fourth-order valence-corrected chi connectivity index (χ4v) is 2.41. The zero-order valence-electron chi connectivity index (χ0n) is 10.9. The molecule has 1 fully saturated rings. The first-order valence-corrected chi connectivity index (χ1v) is 6.70. The Labute approximate surface area is 115 Å². The minimum atomic E-state index is -0.322. The minimum absolute atomic E-state index is 0.0793. The van der Waals surface area contributed by atoms with Crippen molar-refractivity contribution in [1.82, 2.24) is 20.5 Å². The summed E-state index contributed by atoms with van der Waals surface area (Å²) in [6, 6.07) is 10.1. The van der Waals surface area contributed by atoms with Gasteiger partial charge in [0.1, 0.15) is 5.82 Å². The van der Waals surface area contributed by atoms with Crippen LogP contribution < -0.4 is 11.0 Å². The summed E-state index contributed by atoms with van der Waals surface area (Å²) in [6.45, 7) is 0.484. The molecule has 104 valence electrons. The van der Waals surface area contributed by atoms with Gasteiger partial charge < -0.3 is 5.32 Å². The van der Waals surface area contributed by atoms with Gasteiger partial charge in [-0.2, -0.15) is 5.10 Å². The third kappa shape index (κ3) is 2.79. The van der Waals surface area contributed by atoms with Gasteiger partial charge in [-0.05, 0) is 17.9 Å². The van der Waals surface area contributed by atoms with Crippen LogP contribution in [0.15, 0.2) is 35.1 Å². The van der Waals surface area contributed by atoms with Crippen LogP contribution in [0.4, 0.5) is 0 Å². The lowest BCUT2D eigenvalue weighted by Gasteiger charge is -2.03. The molecule has 6 heteroatoms. The van der Waals surface area contributed by atoms with Gasteiger partial charge in [-0.3, -0.25) is 9.78 Å². The number of H-pyrrole nitrogens is 2. The lowest BCUT2D eigenvalue weighted by atomic mass is 10.1. The van der Waals surface area contributed by atoms with Crippen molar-refractivity contribution in [3.63, 3.8) is 0 Å². The standard InChI is InChI=1S/C14H16N4O2/c19-13(15-7-6-12-16-14(20)18-17-12)11-8-10(11)9-4-2-1-3-5-9/h1-5,10-11H,6-8H2,(H,15,19)(H2,16,17,18,20)/t10-,11+/m0/s1. The number of hydrogen-bond donors (Lipinski definition) is 3. The Morgan fingerprint density at radius 1 is 1.35 bits per heavy atom. The molecule has 1 aromatic heterocycles. The molecular formula is C14H16N4O2. The van der Waals surface area contributed by atoms with Crippen LogP contribution in [0.5, 0.6) is 0 Å². The van der Waals surface area contributed by atoms with Crippen molar-refractivity contribution in [2.75, 3.05) is 6.54 Å². The van der Waals surface area contributed by atoms with Crippen LogP contribution in [0.2, 0.25) is 0 Å². The monoisotopic (exact) mass is 272 g/mol. The number of amides is 1. The average Bonchev–Trinajstić information content (AvgIpc) is 3.17. The van der Waals surface area contributed by atoms with Gasteiger partial charge in [0, 0.05) is 18.9 Å². The highest BCUT2D eigenvalue weighted by molar-refractivity contribution is 5.82. The summed E-state index contributed by atoms with van der Waals surface area (Å²) in [7, 11) is 0. The molecule has 0 radical (unpaired) electrons. The normalized spacial score (nSPS) is 20.6. The van der Waals surface area contributed by atoms with Gasteiger partial charge in [0.25, 0.3) is 0 Å². The van der Waals surface area contributed by atoms with Gasteiger partial charge in [0.05, 0.1) is 0 Å². The van der Waals surface area contributed by atoms with Crippen LogP contribution >= 0.6 is 0 Å². The summed E-state index contributed by atoms with van der Waals surface area (Å²) >= 11 is 0. The van der Waals surface area contributed by atoms with Crippen molar-refractivity contribution in [2.45, 2.75) is 18.8 Å². The zero-order valence-corrected chi connectivity index (χ0v) is 10.9. The predicted molar refractivity (Wildman–Crippen MR) is 73.2 cm³/mol. The average molecular weight is 272 g/mol. The summed E-state index contributed by atoms with van der Waals surface area (Å²) in [5, 5.41) is 8.98. The van der Waals surface area contributed by atoms with Crippen LogP contribution in [0, 0.1) is 5.92 Å². The molecule has 3 N–H and O–H groups in total. The Kier molecular flexibility index (Phi) is 3.37. The predicted octanol–water partition coefficient (Wildman–Crippen LogP) is 0.560. The van der Waals surface area contributed by atoms with Gasteiger partial charge >= 0.3 is 5.69 Å². The lowest BCUT2D eigenvalue weighted by Crippen LogP contribution is -2.27. The third-order valence-electron chi connectivity index (χ3n) is 3.57. The Morgan fingerprint density at radius 2 is 2.15 bits per heavy atom. The van der Waals surface area contributed by atoms with E-state index in [1.165, 1.54) is 5.56 Å². The number of nitrogens with zero attached hydrogens (tertiary/aromatic N) is 1. The fourth-order valence-electron chi connectivity index (χ4n) is 2.41. The molecule has 1 aromatic carbocycles. The van der Waals surface area contributed by atoms with Gasteiger partial charge in [0.15, 0.2) is 0 Å². The van der Waals surface area contributed by atoms with Crippen LogP contribution in [0.25, 0.3) is 0 Å². The Hall–Kier alpha value is -2.37. The van der Waals surface area contributed by atoms with E-state index >= 15 is 0 Å². The van der Waals surface area contributed by atoms with Crippen LogP contribution in [0.3, 0.4) is 0 Å². The first-order chi connectivity index (χ1) is 9.74. The van der Waals surface area contributed by atoms with E-state index in [0.29, 0.717) is 24.7 Å². The molecule has 1 amide bonds. The van der Waals surface area contributed by atoms with Crippen molar-refractivity contribution in [2.24, 2.45) is 5.92 Å². The molecule has 2 aromatic rings. The van der Waals surface area contributed by atoms with E-state index < -0.39 is 0 Å². The molecule has 1 heterocycles. The van der Waals surface area contributed by atoms with Gasteiger partial charge in [-0.15, -0.1) is 0 Å². The quantitative estimate of drug-likeness (QED) is 0.742. The van der Waals surface area contributed by atoms with E-state index in [2.05, 4.69) is 32.6 Å². The molecule has 0 bridgehead atoms. The molecule has 0 saturated heterocycles. The highest BCUT2D eigenvalue weighted by Crippen LogP contribution is 2.47. The number of rotatable bonds is 5. The number of aromatic nitrogens is 3. The maximum Gasteiger partial charge on any atom is 0.340 e. The summed E-state index contributed by atoms with van der Waals surface area (Å²) in [5.41, 5.74) is 0.905. The summed E-state index contributed by atoms with van der Waals surface area (Å²) in [5.74, 6) is 1.07. The number of benzene rings is 1. The lowest BCUT2D eigenvalue weighted by molar-refractivity contribution is -0.122. The summed E-state index contributed by atoms with van der Waals surface area (Å²) in [4.78, 5) is 25.4. The molecule has 0 unspecified atom stereocenters. The maximum atomic E-state index is 12.0. The van der Waals surface area contributed by atoms with E-state index in [4.69, 9.17) is 0 Å². The second-order valence-electron chi connectivity index (χ2n) is 5.02. The molecule has 1 aliphatic rings. The maximum absolute atomic E-state index is 12.0. The van der Waals surface area contributed by atoms with Crippen molar-refractivity contribution < 1.29 is 4.79 Å². The number of hydrogen-bond acceptors (Lipinski definition) is 3. The van der Waals surface area contributed by atoms with Gasteiger partial charge in [0.2, 0.25) is 5.91 Å². The van der Waals surface area contributed by atoms with Crippen molar-refractivity contribution in [3.05, 3.63) is 52.2 Å². The van der Waals surface area contributed by atoms with E-state index in [-0.39, 0.29) is 17.5 Å². The Morgan fingerprint density at radius 3 is 2.85 bits per heavy atom. The molecule has 20 heavy (non-hydrogen) atoms. The SMILES string of the molecule is O=C(NCCc1n[nH]c(=O)[nH]1)[C@@H]1C[C@H]1c1ccccc1. The van der Waals surface area contributed by atoms with E-state index in [1.54, 1.807) is 0 Å². The number of carbonyl (C=O) groups excluding carboxylic acids is 1. The molecule has 3 rings (SSSR count). The van der Waals surface area contributed by atoms with Crippen LogP contribution in [0.1, 0.15) is 23.7 Å². The third-order valence-corrected chi connectivity index (χ3v) is 3.57. The molecule has 0 spiro atoms. The number of nitrogens with one attached hydrogen (secondary N) is 3. The molecule has 1 aliphatic carbocycles. The smallest absolute Gasteiger partial charge is 0.340 e. The number of carbonyl (C=O) groups is 1. The largest absolute Gasteiger partial charge is 0.355 e. The molecule has 6 nitrogen and oxygen atoms in total. The van der Waals surface area contributed by atoms with E-state index in [9.17, 15) is 9.59 Å². The Bertz CT molecular complexity index is 646. The van der Waals surface area contributed by atoms with E-state index in [0.717, 1.165) is 6.42 Å². The second kappa shape index (κ2) is 5.32. The molecule has 0 aliphatic heterocycles. The second-order valence-corrected chi connectivity index (χ2v) is 5.02. The first-order valence-electron chi connectivity index (χ1n) is 6.70. The number of aromatic amines is 2. The summed E-state index contributed by atoms with van der Waals surface area (Å²) < 4.78 is 0. The van der Waals surface area contributed by atoms with Gasteiger partial charge in [-0.25, -0.2) is 9.89 Å². The molecule has 2 atom stereocenters. The highest BCUT2D eigenvalue weighted by Gasteiger charge is 2.43. The topological polar surface area (TPSA) is 90.6 Å². The van der Waals surface area contributed by atoms with Crippen molar-refractivity contribution >= 4 is 5.91 Å². The molecular weight excluding hydrogens is 256 g/mol. The molecule has 1 saturated carbocycles. The highest BCUT2D eigenvalue weighted by atomic mass is 16.2. The zero-order chi connectivity index (χ0) is 13.9. The van der Waals surface area contributed by atoms with Crippen LogP contribution in [-0.2, 0) is 11.2 Å². The fraction of sp³-hybridized carbons (Fsp3) is 0.357. The van der Waals surface area contributed by atoms with E-state index in [1.807, 2.05) is 18.2 Å².